The maximum absolute atomic E-state index is 12.8. The van der Waals surface area contributed by atoms with Crippen LogP contribution in [0.2, 0.25) is 0 Å². The first-order chi connectivity index (χ1) is 11.5. The van der Waals surface area contributed by atoms with E-state index in [2.05, 4.69) is 24.7 Å². The highest BCUT2D eigenvalue weighted by Gasteiger charge is 2.24. The highest BCUT2D eigenvalue weighted by Crippen LogP contribution is 2.18. The number of hydrogen-bond donors (Lipinski definition) is 0. The minimum atomic E-state index is -0.0103. The largest absolute Gasteiger partial charge is 0.329 e. The molecule has 1 aliphatic rings. The number of fused-ring (bicyclic) bond motifs is 2. The lowest BCUT2D eigenvalue weighted by Gasteiger charge is -2.27. The topological polar surface area (TPSA) is 76.8 Å². The molecule has 4 rings (SSSR count). The third-order valence-electron chi connectivity index (χ3n) is 4.55. The Kier molecular flexibility index (Phi) is 3.30. The molecule has 1 aromatic carbocycles. The predicted octanol–water partition coefficient (Wildman–Crippen LogP) is 1.80. The van der Waals surface area contributed by atoms with Crippen LogP contribution in [0.4, 0.5) is 0 Å². The minimum Gasteiger partial charge on any atom is -0.329 e. The van der Waals surface area contributed by atoms with Crippen LogP contribution in [-0.2, 0) is 13.1 Å². The summed E-state index contributed by atoms with van der Waals surface area (Å²) in [6, 6.07) is 5.50. The monoisotopic (exact) mass is 322 g/mol. The SMILES string of the molecule is Cc1nc2ccc(C(=O)N3CCn4c(C)nnc4C3)cc2nc1C. The summed E-state index contributed by atoms with van der Waals surface area (Å²) in [6.45, 7) is 7.66. The van der Waals surface area contributed by atoms with Gasteiger partial charge in [0.15, 0.2) is 5.82 Å². The third-order valence-corrected chi connectivity index (χ3v) is 4.55. The van der Waals surface area contributed by atoms with Crippen molar-refractivity contribution in [2.75, 3.05) is 6.54 Å². The quantitative estimate of drug-likeness (QED) is 0.683. The zero-order chi connectivity index (χ0) is 16.8. The Balaban J connectivity index is 1.65. The van der Waals surface area contributed by atoms with Crippen LogP contribution in [0.1, 0.15) is 33.4 Å². The highest BCUT2D eigenvalue weighted by atomic mass is 16.2. The molecule has 0 aliphatic carbocycles. The fourth-order valence-corrected chi connectivity index (χ4v) is 3.02. The third kappa shape index (κ3) is 2.33. The second-order valence-corrected chi connectivity index (χ2v) is 6.14. The van der Waals surface area contributed by atoms with E-state index in [4.69, 9.17) is 0 Å². The lowest BCUT2D eigenvalue weighted by Crippen LogP contribution is -2.38. The van der Waals surface area contributed by atoms with Crippen LogP contribution in [-0.4, -0.2) is 42.1 Å². The van der Waals surface area contributed by atoms with Gasteiger partial charge in [0, 0.05) is 18.7 Å². The number of aryl methyl sites for hydroxylation is 3. The molecule has 2 aromatic heterocycles. The van der Waals surface area contributed by atoms with E-state index in [1.54, 1.807) is 4.90 Å². The van der Waals surface area contributed by atoms with Crippen LogP contribution < -0.4 is 0 Å². The van der Waals surface area contributed by atoms with Gasteiger partial charge in [0.1, 0.15) is 5.82 Å². The zero-order valence-corrected chi connectivity index (χ0v) is 13.9. The molecule has 0 N–H and O–H groups in total. The van der Waals surface area contributed by atoms with E-state index in [1.807, 2.05) is 39.0 Å². The van der Waals surface area contributed by atoms with Crippen LogP contribution >= 0.6 is 0 Å². The number of carbonyl (C=O) groups is 1. The van der Waals surface area contributed by atoms with Crippen LogP contribution in [0.15, 0.2) is 18.2 Å². The summed E-state index contributed by atoms with van der Waals surface area (Å²) >= 11 is 0. The van der Waals surface area contributed by atoms with Gasteiger partial charge >= 0.3 is 0 Å². The number of amides is 1. The van der Waals surface area contributed by atoms with E-state index >= 15 is 0 Å². The van der Waals surface area contributed by atoms with Gasteiger partial charge in [0.05, 0.1) is 29.0 Å². The van der Waals surface area contributed by atoms with Gasteiger partial charge in [-0.15, -0.1) is 10.2 Å². The van der Waals surface area contributed by atoms with E-state index in [9.17, 15) is 4.79 Å². The molecule has 24 heavy (non-hydrogen) atoms. The molecule has 0 saturated heterocycles. The molecule has 3 heterocycles. The molecular weight excluding hydrogens is 304 g/mol. The van der Waals surface area contributed by atoms with Gasteiger partial charge < -0.3 is 9.47 Å². The second kappa shape index (κ2) is 5.36. The van der Waals surface area contributed by atoms with Crippen molar-refractivity contribution >= 4 is 16.9 Å². The molecule has 0 spiro atoms. The van der Waals surface area contributed by atoms with Crippen molar-refractivity contribution in [2.24, 2.45) is 0 Å². The summed E-state index contributed by atoms with van der Waals surface area (Å²) in [5, 5.41) is 8.23. The summed E-state index contributed by atoms with van der Waals surface area (Å²) < 4.78 is 2.06. The second-order valence-electron chi connectivity index (χ2n) is 6.14. The lowest BCUT2D eigenvalue weighted by atomic mass is 10.1. The van der Waals surface area contributed by atoms with Gasteiger partial charge in [-0.05, 0) is 39.0 Å². The molecule has 7 nitrogen and oxygen atoms in total. The standard InChI is InChI=1S/C17H18N6O/c1-10-11(2)19-15-8-13(4-5-14(15)18-10)17(24)22-6-7-23-12(3)20-21-16(23)9-22/h4-5,8H,6-7,9H2,1-3H3. The molecule has 0 fully saturated rings. The molecule has 0 bridgehead atoms. The normalized spacial score (nSPS) is 14.0. The fraction of sp³-hybridized carbons (Fsp3) is 0.353. The average Bonchev–Trinajstić information content (AvgIpc) is 2.95. The van der Waals surface area contributed by atoms with E-state index in [0.717, 1.165) is 40.6 Å². The Morgan fingerprint density at radius 1 is 1.00 bits per heavy atom. The Morgan fingerprint density at radius 2 is 1.75 bits per heavy atom. The van der Waals surface area contributed by atoms with Crippen molar-refractivity contribution in [1.82, 2.24) is 29.6 Å². The first-order valence-corrected chi connectivity index (χ1v) is 7.96. The summed E-state index contributed by atoms with van der Waals surface area (Å²) in [7, 11) is 0. The highest BCUT2D eigenvalue weighted by molar-refractivity contribution is 5.97. The van der Waals surface area contributed by atoms with Gasteiger partial charge in [-0.3, -0.25) is 4.79 Å². The molecule has 0 atom stereocenters. The molecule has 3 aromatic rings. The summed E-state index contributed by atoms with van der Waals surface area (Å²) in [5.41, 5.74) is 3.98. The van der Waals surface area contributed by atoms with Gasteiger partial charge in [-0.1, -0.05) is 0 Å². The van der Waals surface area contributed by atoms with Crippen molar-refractivity contribution in [2.45, 2.75) is 33.9 Å². The minimum absolute atomic E-state index is 0.0103. The van der Waals surface area contributed by atoms with E-state index in [-0.39, 0.29) is 5.91 Å². The molecule has 1 aliphatic heterocycles. The van der Waals surface area contributed by atoms with Gasteiger partial charge in [0.25, 0.3) is 5.91 Å². The van der Waals surface area contributed by atoms with E-state index in [0.29, 0.717) is 18.7 Å². The lowest BCUT2D eigenvalue weighted by molar-refractivity contribution is 0.0707. The Hall–Kier alpha value is -2.83. The smallest absolute Gasteiger partial charge is 0.254 e. The van der Waals surface area contributed by atoms with Crippen LogP contribution in [0.25, 0.3) is 11.0 Å². The number of aromatic nitrogens is 5. The van der Waals surface area contributed by atoms with Crippen LogP contribution in [0.3, 0.4) is 0 Å². The predicted molar refractivity (Wildman–Crippen MR) is 88.5 cm³/mol. The Morgan fingerprint density at radius 3 is 2.54 bits per heavy atom. The van der Waals surface area contributed by atoms with Crippen molar-refractivity contribution in [3.05, 3.63) is 46.8 Å². The number of benzene rings is 1. The number of carbonyl (C=O) groups excluding carboxylic acids is 1. The Bertz CT molecular complexity index is 961. The Labute approximate surface area is 139 Å². The molecule has 0 unspecified atom stereocenters. The maximum atomic E-state index is 12.8. The molecule has 7 heteroatoms. The van der Waals surface area contributed by atoms with Crippen LogP contribution in [0, 0.1) is 20.8 Å². The number of nitrogens with zero attached hydrogens (tertiary/aromatic N) is 6. The van der Waals surface area contributed by atoms with E-state index in [1.165, 1.54) is 0 Å². The first kappa shape index (κ1) is 14.7. The average molecular weight is 322 g/mol. The van der Waals surface area contributed by atoms with Crippen molar-refractivity contribution in [1.29, 1.82) is 0 Å². The summed E-state index contributed by atoms with van der Waals surface area (Å²) in [4.78, 5) is 23.7. The number of hydrogen-bond acceptors (Lipinski definition) is 5. The molecular formula is C17H18N6O. The molecule has 0 saturated carbocycles. The van der Waals surface area contributed by atoms with Gasteiger partial charge in [-0.2, -0.15) is 0 Å². The first-order valence-electron chi connectivity index (χ1n) is 7.96. The van der Waals surface area contributed by atoms with Crippen molar-refractivity contribution < 1.29 is 4.79 Å². The van der Waals surface area contributed by atoms with E-state index < -0.39 is 0 Å². The molecule has 122 valence electrons. The van der Waals surface area contributed by atoms with Gasteiger partial charge in [-0.25, -0.2) is 9.97 Å². The zero-order valence-electron chi connectivity index (χ0n) is 13.9. The summed E-state index contributed by atoms with van der Waals surface area (Å²) in [6.07, 6.45) is 0. The molecule has 0 radical (unpaired) electrons. The molecule has 1 amide bonds. The maximum Gasteiger partial charge on any atom is 0.254 e. The van der Waals surface area contributed by atoms with Gasteiger partial charge in [0.2, 0.25) is 0 Å². The van der Waals surface area contributed by atoms with Crippen LogP contribution in [0.5, 0.6) is 0 Å². The van der Waals surface area contributed by atoms with Crippen molar-refractivity contribution in [3.8, 4) is 0 Å². The summed E-state index contributed by atoms with van der Waals surface area (Å²) in [5.74, 6) is 1.71. The van der Waals surface area contributed by atoms with Crippen molar-refractivity contribution in [3.63, 3.8) is 0 Å². The fourth-order valence-electron chi connectivity index (χ4n) is 3.02. The number of rotatable bonds is 1.